The summed E-state index contributed by atoms with van der Waals surface area (Å²) >= 11 is 0. The molecule has 0 saturated carbocycles. The highest BCUT2D eigenvalue weighted by Crippen LogP contribution is 2.54. The smallest absolute Gasteiger partial charge is 0.494 e. The van der Waals surface area contributed by atoms with E-state index in [2.05, 4.69) is 13.8 Å². The van der Waals surface area contributed by atoms with Gasteiger partial charge < -0.3 is 39.4 Å². The predicted octanol–water partition coefficient (Wildman–Crippen LogP) is 6.18. The number of fused-ring (bicyclic) bond motifs is 5. The zero-order chi connectivity index (χ0) is 29.1. The van der Waals surface area contributed by atoms with Crippen LogP contribution in [0.15, 0.2) is 54.6 Å². The van der Waals surface area contributed by atoms with Crippen LogP contribution in [-0.2, 0) is 9.31 Å². The van der Waals surface area contributed by atoms with E-state index in [9.17, 15) is 25.5 Å². The van der Waals surface area contributed by atoms with Crippen LogP contribution in [0.4, 0.5) is 0 Å². The second kappa shape index (κ2) is 9.54. The maximum Gasteiger partial charge on any atom is 0.494 e. The van der Waals surface area contributed by atoms with Gasteiger partial charge in [-0.3, -0.25) is 0 Å². The third-order valence-corrected chi connectivity index (χ3v) is 7.77. The molecule has 0 unspecified atom stereocenters. The van der Waals surface area contributed by atoms with Crippen LogP contribution >= 0.6 is 0 Å². The van der Waals surface area contributed by atoms with Crippen LogP contribution in [0.5, 0.6) is 28.7 Å². The van der Waals surface area contributed by atoms with Gasteiger partial charge in [0.1, 0.15) is 5.69 Å². The molecule has 0 amide bonds. The van der Waals surface area contributed by atoms with Crippen LogP contribution in [0.1, 0.15) is 48.0 Å². The maximum atomic E-state index is 10.8. The number of nitrogens with zero attached hydrogens (tertiary/aromatic N) is 1. The molecule has 1 aliphatic rings. The summed E-state index contributed by atoms with van der Waals surface area (Å²) in [6.07, 6.45) is 1.25. The Bertz CT molecular complexity index is 1730. The van der Waals surface area contributed by atoms with Crippen molar-refractivity contribution in [3.8, 4) is 34.4 Å². The largest absolute Gasteiger partial charge is 0.503 e. The van der Waals surface area contributed by atoms with Crippen molar-refractivity contribution in [3.05, 3.63) is 54.6 Å². The molecule has 1 aromatic heterocycles. The molecule has 1 fully saturated rings. The molecule has 0 bridgehead atoms. The highest BCUT2D eigenvalue weighted by molar-refractivity contribution is 6.62. The van der Waals surface area contributed by atoms with Crippen molar-refractivity contribution in [1.29, 1.82) is 0 Å². The first-order valence-corrected chi connectivity index (χ1v) is 13.3. The van der Waals surface area contributed by atoms with Gasteiger partial charge in [-0.05, 0) is 56.1 Å². The van der Waals surface area contributed by atoms with E-state index in [-0.39, 0.29) is 5.69 Å². The van der Waals surface area contributed by atoms with Gasteiger partial charge in [0.25, 0.3) is 0 Å². The standard InChI is InChI=1S/C28H26BNO7.C3H8/c1-27(2)28(3,4)37-29(36-27)15-10-12-18-17(13-15)20-16-8-6-5-7-14(16)9-11-19(20)30(18)21-22(31)24(33)26(35)25(34)23(21)32;1-3-2/h5-13,31-35H,1-4H3;3H2,1-2H3. The second-order valence-corrected chi connectivity index (χ2v) is 11.2. The summed E-state index contributed by atoms with van der Waals surface area (Å²) in [5.41, 5.74) is 0.684. The van der Waals surface area contributed by atoms with Gasteiger partial charge in [-0.25, -0.2) is 0 Å². The SMILES string of the molecule is CC1(C)OB(c2ccc3c(c2)c2c4ccccc4ccc2n3-c2c(O)c(O)c(O)c(O)c2O)OC1(C)C.CCC. The zero-order valence-electron chi connectivity index (χ0n) is 23.5. The lowest BCUT2D eigenvalue weighted by Gasteiger charge is -2.32. The molecular weight excluding hydrogens is 509 g/mol. The molecule has 5 N–H and O–H groups in total. The molecule has 1 aliphatic heterocycles. The molecule has 208 valence electrons. The van der Waals surface area contributed by atoms with Gasteiger partial charge in [-0.2, -0.15) is 0 Å². The average molecular weight is 543 g/mol. The van der Waals surface area contributed by atoms with Crippen LogP contribution in [0, 0.1) is 0 Å². The van der Waals surface area contributed by atoms with Crippen LogP contribution < -0.4 is 5.46 Å². The van der Waals surface area contributed by atoms with Gasteiger partial charge in [-0.15, -0.1) is 0 Å². The van der Waals surface area contributed by atoms with Gasteiger partial charge in [-0.1, -0.05) is 62.7 Å². The number of aromatic nitrogens is 1. The monoisotopic (exact) mass is 543 g/mol. The Morgan fingerprint density at radius 2 is 1.20 bits per heavy atom. The van der Waals surface area contributed by atoms with Crippen molar-refractivity contribution >= 4 is 45.2 Å². The number of hydrogen-bond acceptors (Lipinski definition) is 7. The quantitative estimate of drug-likeness (QED) is 0.102. The highest BCUT2D eigenvalue weighted by atomic mass is 16.7. The lowest BCUT2D eigenvalue weighted by Crippen LogP contribution is -2.41. The molecule has 40 heavy (non-hydrogen) atoms. The van der Waals surface area contributed by atoms with E-state index in [0.29, 0.717) is 11.0 Å². The summed E-state index contributed by atoms with van der Waals surface area (Å²) < 4.78 is 14.1. The number of aromatic hydroxyl groups is 5. The van der Waals surface area contributed by atoms with E-state index < -0.39 is 47.1 Å². The minimum atomic E-state index is -1.01. The number of benzene rings is 4. The van der Waals surface area contributed by atoms with Crippen molar-refractivity contribution in [2.45, 2.75) is 59.2 Å². The van der Waals surface area contributed by atoms with E-state index in [1.54, 1.807) is 4.57 Å². The number of rotatable bonds is 2. The van der Waals surface area contributed by atoms with Crippen LogP contribution in [0.2, 0.25) is 0 Å². The maximum absolute atomic E-state index is 10.8. The molecule has 0 atom stereocenters. The molecule has 5 aromatic rings. The fraction of sp³-hybridized carbons (Fsp3) is 0.290. The van der Waals surface area contributed by atoms with Crippen molar-refractivity contribution in [1.82, 2.24) is 4.57 Å². The highest BCUT2D eigenvalue weighted by Gasteiger charge is 2.51. The lowest BCUT2D eigenvalue weighted by atomic mass is 9.78. The topological polar surface area (TPSA) is 125 Å². The van der Waals surface area contributed by atoms with Crippen LogP contribution in [-0.4, -0.2) is 48.4 Å². The van der Waals surface area contributed by atoms with E-state index in [1.807, 2.05) is 82.3 Å². The van der Waals surface area contributed by atoms with Gasteiger partial charge in [0.15, 0.2) is 11.5 Å². The van der Waals surface area contributed by atoms with Gasteiger partial charge in [0.2, 0.25) is 17.2 Å². The van der Waals surface area contributed by atoms with E-state index in [4.69, 9.17) is 9.31 Å². The number of hydrogen-bond donors (Lipinski definition) is 5. The minimum Gasteiger partial charge on any atom is -0.503 e. The lowest BCUT2D eigenvalue weighted by molar-refractivity contribution is 0.00578. The third kappa shape index (κ3) is 4.00. The first-order chi connectivity index (χ1) is 18.8. The molecule has 1 saturated heterocycles. The zero-order valence-corrected chi connectivity index (χ0v) is 23.5. The first kappa shape index (κ1) is 27.5. The van der Waals surface area contributed by atoms with Crippen molar-refractivity contribution in [3.63, 3.8) is 0 Å². The van der Waals surface area contributed by atoms with Crippen LogP contribution in [0.3, 0.4) is 0 Å². The molecule has 6 rings (SSSR count). The Morgan fingerprint density at radius 3 is 1.80 bits per heavy atom. The predicted molar refractivity (Wildman–Crippen MR) is 158 cm³/mol. The minimum absolute atomic E-state index is 0.258. The van der Waals surface area contributed by atoms with Crippen molar-refractivity contribution < 1.29 is 34.8 Å². The Morgan fingerprint density at radius 1 is 0.675 bits per heavy atom. The fourth-order valence-corrected chi connectivity index (χ4v) is 5.06. The fourth-order valence-electron chi connectivity index (χ4n) is 5.06. The van der Waals surface area contributed by atoms with Crippen LogP contribution in [0.25, 0.3) is 38.3 Å². The number of phenols is 5. The summed E-state index contributed by atoms with van der Waals surface area (Å²) in [5, 5.41) is 55.6. The van der Waals surface area contributed by atoms with E-state index in [0.717, 1.165) is 27.0 Å². The molecular formula is C31H34BNO7. The molecule has 9 heteroatoms. The second-order valence-electron chi connectivity index (χ2n) is 11.2. The Hall–Kier alpha value is -4.08. The normalized spacial score (nSPS) is 16.0. The molecule has 4 aromatic carbocycles. The average Bonchev–Trinajstić information content (AvgIpc) is 3.36. The van der Waals surface area contributed by atoms with E-state index >= 15 is 0 Å². The number of phenolic OH excluding ortho intramolecular Hbond substituents is 5. The Kier molecular flexibility index (Phi) is 6.55. The van der Waals surface area contributed by atoms with E-state index in [1.165, 1.54) is 6.42 Å². The summed E-state index contributed by atoms with van der Waals surface area (Å²) in [4.78, 5) is 0. The molecule has 0 aliphatic carbocycles. The van der Waals surface area contributed by atoms with Gasteiger partial charge in [0.05, 0.1) is 22.2 Å². The van der Waals surface area contributed by atoms with Gasteiger partial charge in [0, 0.05) is 10.8 Å². The molecule has 8 nitrogen and oxygen atoms in total. The summed E-state index contributed by atoms with van der Waals surface area (Å²) in [6.45, 7) is 12.2. The summed E-state index contributed by atoms with van der Waals surface area (Å²) in [6, 6.07) is 17.2. The summed E-state index contributed by atoms with van der Waals surface area (Å²) in [5.74, 6) is -4.41. The summed E-state index contributed by atoms with van der Waals surface area (Å²) in [7, 11) is -0.605. The molecule has 0 spiro atoms. The third-order valence-electron chi connectivity index (χ3n) is 7.77. The van der Waals surface area contributed by atoms with Crippen molar-refractivity contribution in [2.24, 2.45) is 0 Å². The Labute approximate surface area is 232 Å². The van der Waals surface area contributed by atoms with Gasteiger partial charge >= 0.3 is 7.12 Å². The van der Waals surface area contributed by atoms with Crippen molar-refractivity contribution in [2.75, 3.05) is 0 Å². The molecule has 0 radical (unpaired) electrons. The molecule has 2 heterocycles. The Balaban J connectivity index is 0.00000103. The first-order valence-electron chi connectivity index (χ1n) is 13.3.